The first-order valence-corrected chi connectivity index (χ1v) is 8.24. The Labute approximate surface area is 154 Å². The highest BCUT2D eigenvalue weighted by Crippen LogP contribution is 2.15. The number of amides is 1. The van der Waals surface area contributed by atoms with Crippen molar-refractivity contribution in [3.05, 3.63) is 87.4 Å². The molecule has 0 bridgehead atoms. The van der Waals surface area contributed by atoms with E-state index in [1.54, 1.807) is 24.3 Å². The number of hydrogen-bond donors (Lipinski definition) is 1. The number of halogens is 2. The number of carbonyl (C=O) groups is 1. The van der Waals surface area contributed by atoms with E-state index in [1.807, 2.05) is 12.1 Å². The molecule has 2 aromatic carbocycles. The van der Waals surface area contributed by atoms with E-state index >= 15 is 0 Å². The van der Waals surface area contributed by atoms with Crippen LogP contribution in [0.1, 0.15) is 5.56 Å². The Morgan fingerprint density at radius 3 is 2.42 bits per heavy atom. The zero-order valence-corrected chi connectivity index (χ0v) is 14.4. The number of rotatable bonds is 5. The Hall–Kier alpha value is -2.99. The summed E-state index contributed by atoms with van der Waals surface area (Å²) in [6, 6.07) is 15.7. The minimum atomic E-state index is -0.391. The average molecular weight is 372 g/mol. The lowest BCUT2D eigenvalue weighted by atomic mass is 10.1. The van der Waals surface area contributed by atoms with Crippen LogP contribution in [0.25, 0.3) is 11.3 Å². The maximum Gasteiger partial charge on any atom is 0.267 e. The van der Waals surface area contributed by atoms with E-state index in [-0.39, 0.29) is 18.3 Å². The van der Waals surface area contributed by atoms with Crippen LogP contribution in [-0.4, -0.2) is 15.7 Å². The van der Waals surface area contributed by atoms with Crippen LogP contribution in [0.15, 0.2) is 65.5 Å². The normalized spacial score (nSPS) is 10.5. The van der Waals surface area contributed by atoms with Gasteiger partial charge in [0, 0.05) is 23.2 Å². The molecule has 0 saturated heterocycles. The molecule has 26 heavy (non-hydrogen) atoms. The molecule has 3 aromatic rings. The number of aromatic nitrogens is 2. The molecule has 7 heteroatoms. The van der Waals surface area contributed by atoms with Crippen molar-refractivity contribution in [2.75, 3.05) is 0 Å². The maximum atomic E-state index is 13.0. The average Bonchev–Trinajstić information content (AvgIpc) is 2.64. The summed E-state index contributed by atoms with van der Waals surface area (Å²) in [6.45, 7) is 0.115. The number of hydrogen-bond acceptors (Lipinski definition) is 3. The van der Waals surface area contributed by atoms with E-state index < -0.39 is 5.56 Å². The first kappa shape index (κ1) is 17.8. The van der Waals surface area contributed by atoms with Gasteiger partial charge in [0.15, 0.2) is 0 Å². The van der Waals surface area contributed by atoms with Crippen LogP contribution in [0.4, 0.5) is 4.39 Å². The van der Waals surface area contributed by atoms with E-state index in [9.17, 15) is 14.0 Å². The van der Waals surface area contributed by atoms with Gasteiger partial charge in [-0.05, 0) is 48.0 Å². The second-order valence-electron chi connectivity index (χ2n) is 5.62. The van der Waals surface area contributed by atoms with Crippen molar-refractivity contribution in [2.45, 2.75) is 13.1 Å². The number of nitrogens with one attached hydrogen (secondary N) is 1. The van der Waals surface area contributed by atoms with Gasteiger partial charge in [0.05, 0.1) is 5.69 Å². The van der Waals surface area contributed by atoms with Gasteiger partial charge in [-0.1, -0.05) is 23.7 Å². The van der Waals surface area contributed by atoms with Crippen molar-refractivity contribution in [3.63, 3.8) is 0 Å². The van der Waals surface area contributed by atoms with Crippen LogP contribution in [-0.2, 0) is 17.9 Å². The van der Waals surface area contributed by atoms with Gasteiger partial charge >= 0.3 is 0 Å². The topological polar surface area (TPSA) is 64.0 Å². The molecule has 5 nitrogen and oxygen atoms in total. The largest absolute Gasteiger partial charge is 0.350 e. The van der Waals surface area contributed by atoms with E-state index in [2.05, 4.69) is 10.4 Å². The number of carbonyl (C=O) groups excluding carboxylic acids is 1. The molecule has 0 aliphatic rings. The molecule has 0 unspecified atom stereocenters. The van der Waals surface area contributed by atoms with E-state index in [0.29, 0.717) is 22.8 Å². The van der Waals surface area contributed by atoms with Gasteiger partial charge in [-0.25, -0.2) is 9.07 Å². The zero-order chi connectivity index (χ0) is 18.5. The van der Waals surface area contributed by atoms with Crippen molar-refractivity contribution in [2.24, 2.45) is 0 Å². The third kappa shape index (κ3) is 4.55. The van der Waals surface area contributed by atoms with Gasteiger partial charge in [-0.15, -0.1) is 0 Å². The molecule has 1 aromatic heterocycles. The highest BCUT2D eigenvalue weighted by Gasteiger charge is 2.08. The number of benzene rings is 2. The molecule has 1 amide bonds. The second kappa shape index (κ2) is 7.93. The predicted molar refractivity (Wildman–Crippen MR) is 97.2 cm³/mol. The molecule has 0 fully saturated rings. The van der Waals surface area contributed by atoms with Crippen LogP contribution in [0.3, 0.4) is 0 Å². The van der Waals surface area contributed by atoms with Gasteiger partial charge in [0.1, 0.15) is 12.4 Å². The zero-order valence-electron chi connectivity index (χ0n) is 13.7. The van der Waals surface area contributed by atoms with Gasteiger partial charge in [-0.3, -0.25) is 9.59 Å². The highest BCUT2D eigenvalue weighted by molar-refractivity contribution is 6.30. The fourth-order valence-electron chi connectivity index (χ4n) is 2.33. The second-order valence-corrected chi connectivity index (χ2v) is 6.06. The maximum absolute atomic E-state index is 13.0. The van der Waals surface area contributed by atoms with Crippen molar-refractivity contribution in [3.8, 4) is 11.3 Å². The van der Waals surface area contributed by atoms with Crippen LogP contribution in [0.2, 0.25) is 5.02 Å². The summed E-state index contributed by atoms with van der Waals surface area (Å²) < 4.78 is 14.1. The van der Waals surface area contributed by atoms with Crippen molar-refractivity contribution in [1.82, 2.24) is 15.1 Å². The predicted octanol–water partition coefficient (Wildman–Crippen LogP) is 3.02. The molecule has 0 aliphatic heterocycles. The van der Waals surface area contributed by atoms with Gasteiger partial charge in [0.2, 0.25) is 5.91 Å². The minimum Gasteiger partial charge on any atom is -0.350 e. The molecule has 0 atom stereocenters. The van der Waals surface area contributed by atoms with E-state index in [4.69, 9.17) is 11.6 Å². The lowest BCUT2D eigenvalue weighted by Crippen LogP contribution is -2.33. The Bertz CT molecular complexity index is 969. The number of nitrogens with zero attached hydrogens (tertiary/aromatic N) is 2. The third-order valence-corrected chi connectivity index (χ3v) is 3.95. The first-order chi connectivity index (χ1) is 12.5. The lowest BCUT2D eigenvalue weighted by molar-refractivity contribution is -0.122. The highest BCUT2D eigenvalue weighted by atomic mass is 35.5. The van der Waals surface area contributed by atoms with Crippen LogP contribution >= 0.6 is 11.6 Å². The molecular weight excluding hydrogens is 357 g/mol. The van der Waals surface area contributed by atoms with Crippen molar-refractivity contribution >= 4 is 17.5 Å². The summed E-state index contributed by atoms with van der Waals surface area (Å²) in [7, 11) is 0. The molecule has 1 N–H and O–H groups in total. The van der Waals surface area contributed by atoms with Crippen LogP contribution in [0.5, 0.6) is 0 Å². The van der Waals surface area contributed by atoms with Crippen LogP contribution in [0, 0.1) is 5.82 Å². The van der Waals surface area contributed by atoms with Gasteiger partial charge < -0.3 is 5.32 Å². The lowest BCUT2D eigenvalue weighted by Gasteiger charge is -2.08. The Kier molecular flexibility index (Phi) is 5.43. The van der Waals surface area contributed by atoms with Gasteiger partial charge in [-0.2, -0.15) is 5.10 Å². The fourth-order valence-corrected chi connectivity index (χ4v) is 2.46. The summed E-state index contributed by atoms with van der Waals surface area (Å²) in [5.74, 6) is -0.700. The van der Waals surface area contributed by atoms with Crippen LogP contribution < -0.4 is 10.9 Å². The molecule has 1 heterocycles. The summed E-state index contributed by atoms with van der Waals surface area (Å²) in [5.41, 5.74) is 1.64. The molecule has 0 aliphatic carbocycles. The SMILES string of the molecule is O=C(Cn1nc(-c2ccc(F)cc2)ccc1=O)NCc1ccc(Cl)cc1. The molecule has 3 rings (SSSR count). The Morgan fingerprint density at radius 1 is 1.04 bits per heavy atom. The minimum absolute atomic E-state index is 0.207. The van der Waals surface area contributed by atoms with Crippen molar-refractivity contribution in [1.29, 1.82) is 0 Å². The van der Waals surface area contributed by atoms with Crippen molar-refractivity contribution < 1.29 is 9.18 Å². The quantitative estimate of drug-likeness (QED) is 0.749. The van der Waals surface area contributed by atoms with E-state index in [0.717, 1.165) is 10.2 Å². The molecule has 0 saturated carbocycles. The molecule has 132 valence electrons. The molecule has 0 radical (unpaired) electrons. The van der Waals surface area contributed by atoms with Gasteiger partial charge in [0.25, 0.3) is 5.56 Å². The monoisotopic (exact) mass is 371 g/mol. The summed E-state index contributed by atoms with van der Waals surface area (Å²) in [5, 5.41) is 7.53. The fraction of sp³-hybridized carbons (Fsp3) is 0.105. The summed E-state index contributed by atoms with van der Waals surface area (Å²) in [6.07, 6.45) is 0. The standard InChI is InChI=1S/C19H15ClFN3O2/c20-15-5-1-13(2-6-15)11-22-18(25)12-24-19(26)10-9-17(23-24)14-3-7-16(21)8-4-14/h1-10H,11-12H2,(H,22,25). The summed E-state index contributed by atoms with van der Waals surface area (Å²) in [4.78, 5) is 24.1. The smallest absolute Gasteiger partial charge is 0.267 e. The third-order valence-electron chi connectivity index (χ3n) is 3.70. The first-order valence-electron chi connectivity index (χ1n) is 7.86. The summed E-state index contributed by atoms with van der Waals surface area (Å²) >= 11 is 5.82. The van der Waals surface area contributed by atoms with E-state index in [1.165, 1.54) is 24.3 Å². The Morgan fingerprint density at radius 2 is 1.73 bits per heavy atom. The Balaban J connectivity index is 1.69. The molecular formula is C19H15ClFN3O2. The molecule has 0 spiro atoms.